The molecule has 1 aromatic heterocycles. The molecule has 1 aliphatic carbocycles. The summed E-state index contributed by atoms with van der Waals surface area (Å²) in [5, 5.41) is 31.1. The molecule has 2 aliphatic rings. The molecule has 2 aromatic carbocycles. The number of rotatable bonds is 7. The van der Waals surface area contributed by atoms with Gasteiger partial charge in [0.1, 0.15) is 17.6 Å². The fraction of sp³-hybridized carbons (Fsp3) is 0.214. The number of nitriles is 2. The Hall–Kier alpha value is -4.65. The molecule has 0 radical (unpaired) electrons. The molecule has 0 bridgehead atoms. The van der Waals surface area contributed by atoms with E-state index in [1.807, 2.05) is 18.2 Å². The summed E-state index contributed by atoms with van der Waals surface area (Å²) in [4.78, 5) is 27.5. The number of nitrogens with one attached hydrogen (secondary N) is 1. The average Bonchev–Trinajstić information content (AvgIpc) is 3.44. The van der Waals surface area contributed by atoms with Crippen molar-refractivity contribution >= 4 is 45.6 Å². The van der Waals surface area contributed by atoms with E-state index in [0.717, 1.165) is 5.56 Å². The highest BCUT2D eigenvalue weighted by Gasteiger charge is 2.41. The second-order valence-corrected chi connectivity index (χ2v) is 11.1. The first-order valence-corrected chi connectivity index (χ1v) is 14.1. The zero-order valence-electron chi connectivity index (χ0n) is 21.4. The average molecular weight is 570 g/mol. The summed E-state index contributed by atoms with van der Waals surface area (Å²) in [5.41, 5.74) is 9.66. The highest BCUT2D eigenvalue weighted by atomic mass is 32.2. The molecule has 1 atom stereocenters. The van der Waals surface area contributed by atoms with Crippen LogP contribution in [-0.4, -0.2) is 34.8 Å². The van der Waals surface area contributed by atoms with E-state index >= 15 is 0 Å². The second-order valence-electron chi connectivity index (χ2n) is 8.94. The highest BCUT2D eigenvalue weighted by molar-refractivity contribution is 8.01. The van der Waals surface area contributed by atoms with E-state index < -0.39 is 5.92 Å². The zero-order valence-corrected chi connectivity index (χ0v) is 23.0. The van der Waals surface area contributed by atoms with Crippen molar-refractivity contribution in [2.45, 2.75) is 29.5 Å². The Kier molecular flexibility index (Phi) is 7.82. The predicted octanol–water partition coefficient (Wildman–Crippen LogP) is 4.45. The van der Waals surface area contributed by atoms with Crippen LogP contribution in [0.1, 0.15) is 36.3 Å². The number of ether oxygens (including phenoxy) is 1. The lowest BCUT2D eigenvalue weighted by atomic mass is 9.76. The van der Waals surface area contributed by atoms with Gasteiger partial charge in [0, 0.05) is 17.7 Å². The van der Waals surface area contributed by atoms with Crippen LogP contribution < -0.4 is 20.7 Å². The van der Waals surface area contributed by atoms with Gasteiger partial charge in [-0.1, -0.05) is 47.4 Å². The number of thioether (sulfide) groups is 1. The van der Waals surface area contributed by atoms with Crippen LogP contribution >= 0.6 is 23.1 Å². The van der Waals surface area contributed by atoms with Crippen molar-refractivity contribution in [2.24, 2.45) is 5.73 Å². The van der Waals surface area contributed by atoms with E-state index in [1.54, 1.807) is 42.3 Å². The summed E-state index contributed by atoms with van der Waals surface area (Å²) >= 11 is 2.41. The van der Waals surface area contributed by atoms with Crippen LogP contribution in [0.5, 0.6) is 5.75 Å². The lowest BCUT2D eigenvalue weighted by Gasteiger charge is -2.38. The number of hydrogen-bond acceptors (Lipinski definition) is 11. The first-order valence-electron chi connectivity index (χ1n) is 12.3. The Bertz CT molecular complexity index is 1650. The summed E-state index contributed by atoms with van der Waals surface area (Å²) in [5.74, 6) is -0.0752. The van der Waals surface area contributed by atoms with Gasteiger partial charge in [0.05, 0.1) is 41.7 Å². The van der Waals surface area contributed by atoms with Crippen LogP contribution in [-0.2, 0) is 9.59 Å². The van der Waals surface area contributed by atoms with Crippen molar-refractivity contribution in [3.8, 4) is 17.9 Å². The smallest absolute Gasteiger partial charge is 0.234 e. The Morgan fingerprint density at radius 1 is 1.20 bits per heavy atom. The minimum absolute atomic E-state index is 0.0345. The molecule has 1 unspecified atom stereocenters. The number of amides is 1. The number of para-hydroxylation sites is 1. The SMILES string of the molecule is COc1cccc(C2C(C#N)=C(N)N(c3nnc(SCC(=O)Nc4ccccc4C#N)s3)C3=C2C(=O)CCC3)c1. The third-order valence-electron chi connectivity index (χ3n) is 6.58. The maximum absolute atomic E-state index is 13.3. The lowest BCUT2D eigenvalue weighted by Crippen LogP contribution is -2.38. The Labute approximate surface area is 238 Å². The quantitative estimate of drug-likeness (QED) is 0.389. The van der Waals surface area contributed by atoms with Crippen molar-refractivity contribution < 1.29 is 14.3 Å². The van der Waals surface area contributed by atoms with E-state index in [0.29, 0.717) is 57.0 Å². The van der Waals surface area contributed by atoms with E-state index in [9.17, 15) is 20.1 Å². The fourth-order valence-corrected chi connectivity index (χ4v) is 6.49. The number of ketones is 1. The van der Waals surface area contributed by atoms with Crippen LogP contribution in [0.4, 0.5) is 10.8 Å². The first-order chi connectivity index (χ1) is 19.4. The number of allylic oxidation sites excluding steroid dienone is 3. The van der Waals surface area contributed by atoms with Crippen molar-refractivity contribution in [3.05, 3.63) is 82.3 Å². The van der Waals surface area contributed by atoms with Crippen LogP contribution in [0, 0.1) is 22.7 Å². The molecular weight excluding hydrogens is 546 g/mol. The molecule has 0 spiro atoms. The van der Waals surface area contributed by atoms with E-state index in [4.69, 9.17) is 10.5 Å². The summed E-state index contributed by atoms with van der Waals surface area (Å²) < 4.78 is 5.90. The van der Waals surface area contributed by atoms with Gasteiger partial charge in [-0.25, -0.2) is 0 Å². The summed E-state index contributed by atoms with van der Waals surface area (Å²) in [7, 11) is 1.56. The molecule has 3 aromatic rings. The normalized spacial score (nSPS) is 16.7. The minimum atomic E-state index is -0.610. The van der Waals surface area contributed by atoms with E-state index in [1.165, 1.54) is 23.1 Å². The molecule has 1 amide bonds. The maximum Gasteiger partial charge on any atom is 0.234 e. The third-order valence-corrected chi connectivity index (χ3v) is 8.62. The van der Waals surface area contributed by atoms with Crippen molar-refractivity contribution in [1.29, 1.82) is 10.5 Å². The molecule has 12 heteroatoms. The fourth-order valence-electron chi connectivity index (χ4n) is 4.81. The van der Waals surface area contributed by atoms with Gasteiger partial charge in [-0.3, -0.25) is 14.5 Å². The van der Waals surface area contributed by atoms with Crippen molar-refractivity contribution in [3.63, 3.8) is 0 Å². The molecule has 0 saturated heterocycles. The standard InChI is InChI=1S/C28H23N7O3S2/c1-38-18-8-4-7-16(12-18)24-19(14-30)26(31)35(21-10-5-11-22(36)25(21)24)27-33-34-28(40-27)39-15-23(37)32-20-9-3-2-6-17(20)13-29/h2-4,6-9,12,24H,5,10-11,15,31H2,1H3,(H,32,37). The molecule has 0 saturated carbocycles. The number of anilines is 2. The van der Waals surface area contributed by atoms with Gasteiger partial charge in [-0.15, -0.1) is 10.2 Å². The highest BCUT2D eigenvalue weighted by Crippen LogP contribution is 2.47. The number of Topliss-reactive ketones (excluding diaryl/α,β-unsaturated/α-hetero) is 1. The number of carbonyl (C=O) groups excluding carboxylic acids is 2. The molecule has 200 valence electrons. The van der Waals surface area contributed by atoms with Crippen molar-refractivity contribution in [1.82, 2.24) is 10.2 Å². The lowest BCUT2D eigenvalue weighted by molar-refractivity contribution is -0.116. The van der Waals surface area contributed by atoms with Gasteiger partial charge in [0.2, 0.25) is 11.0 Å². The number of nitrogens with two attached hydrogens (primary N) is 1. The predicted molar refractivity (Wildman–Crippen MR) is 151 cm³/mol. The number of aromatic nitrogens is 2. The molecule has 5 rings (SSSR count). The summed E-state index contributed by atoms with van der Waals surface area (Å²) in [6, 6.07) is 18.3. The number of benzene rings is 2. The molecular formula is C28H23N7O3S2. The van der Waals surface area contributed by atoms with Gasteiger partial charge < -0.3 is 15.8 Å². The van der Waals surface area contributed by atoms with Gasteiger partial charge in [0.15, 0.2) is 10.1 Å². The third kappa shape index (κ3) is 5.15. The largest absolute Gasteiger partial charge is 0.497 e. The van der Waals surface area contributed by atoms with Crippen LogP contribution in [0.15, 0.2) is 75.5 Å². The number of hydrogen-bond donors (Lipinski definition) is 2. The molecule has 0 fully saturated rings. The molecule has 1 aliphatic heterocycles. The van der Waals surface area contributed by atoms with Crippen LogP contribution in [0.2, 0.25) is 0 Å². The number of nitrogens with zero attached hydrogens (tertiary/aromatic N) is 5. The second kappa shape index (κ2) is 11.6. The van der Waals surface area contributed by atoms with Crippen LogP contribution in [0.3, 0.4) is 0 Å². The molecule has 40 heavy (non-hydrogen) atoms. The number of methoxy groups -OCH3 is 1. The van der Waals surface area contributed by atoms with Gasteiger partial charge in [0.25, 0.3) is 0 Å². The van der Waals surface area contributed by atoms with Gasteiger partial charge in [-0.05, 0) is 42.7 Å². The Morgan fingerprint density at radius 3 is 2.80 bits per heavy atom. The molecule has 2 heterocycles. The van der Waals surface area contributed by atoms with E-state index in [-0.39, 0.29) is 28.8 Å². The van der Waals surface area contributed by atoms with Gasteiger partial charge in [-0.2, -0.15) is 10.5 Å². The zero-order chi connectivity index (χ0) is 28.2. The van der Waals surface area contributed by atoms with Crippen LogP contribution in [0.25, 0.3) is 0 Å². The maximum atomic E-state index is 13.3. The minimum Gasteiger partial charge on any atom is -0.497 e. The van der Waals surface area contributed by atoms with Gasteiger partial charge >= 0.3 is 0 Å². The van der Waals surface area contributed by atoms with E-state index in [2.05, 4.69) is 27.7 Å². The first kappa shape index (κ1) is 26.9. The molecule has 10 nitrogen and oxygen atoms in total. The summed E-state index contributed by atoms with van der Waals surface area (Å²) in [6.45, 7) is 0. The number of carbonyl (C=O) groups is 2. The van der Waals surface area contributed by atoms with Crippen molar-refractivity contribution in [2.75, 3.05) is 23.1 Å². The monoisotopic (exact) mass is 569 g/mol. The Morgan fingerprint density at radius 2 is 2.02 bits per heavy atom. The Balaban J connectivity index is 1.43. The molecule has 3 N–H and O–H groups in total. The summed E-state index contributed by atoms with van der Waals surface area (Å²) in [6.07, 6.45) is 1.62. The topological polar surface area (TPSA) is 158 Å².